The quantitative estimate of drug-likeness (QED) is 0.759. The number of carbonyl (C=O) groups is 1. The molecule has 0 N–H and O–H groups in total. The lowest BCUT2D eigenvalue weighted by Gasteiger charge is -2.49. The van der Waals surface area contributed by atoms with E-state index >= 15 is 0 Å². The number of rotatable bonds is 1. The van der Waals surface area contributed by atoms with E-state index in [1.807, 2.05) is 6.07 Å². The lowest BCUT2D eigenvalue weighted by atomic mass is 9.75. The van der Waals surface area contributed by atoms with Crippen LogP contribution in [0.3, 0.4) is 0 Å². The van der Waals surface area contributed by atoms with E-state index in [1.165, 1.54) is 0 Å². The van der Waals surface area contributed by atoms with Crippen molar-refractivity contribution in [1.29, 1.82) is 0 Å². The molecule has 5 heterocycles. The number of ether oxygens (including phenoxy) is 1. The van der Waals surface area contributed by atoms with Crippen LogP contribution in [0.2, 0.25) is 0 Å². The molecule has 5 rings (SSSR count). The van der Waals surface area contributed by atoms with Crippen molar-refractivity contribution in [1.82, 2.24) is 4.90 Å². The molecule has 1 aromatic rings. The van der Waals surface area contributed by atoms with E-state index in [4.69, 9.17) is 9.15 Å². The highest BCUT2D eigenvalue weighted by molar-refractivity contribution is 5.88. The van der Waals surface area contributed by atoms with Gasteiger partial charge in [0.05, 0.1) is 12.8 Å². The van der Waals surface area contributed by atoms with Gasteiger partial charge in [-0.25, -0.2) is 9.69 Å². The van der Waals surface area contributed by atoms with Gasteiger partial charge < -0.3 is 9.15 Å². The molecule has 18 heavy (non-hydrogen) atoms. The first-order chi connectivity index (χ1) is 8.77. The van der Waals surface area contributed by atoms with Crippen molar-refractivity contribution in [2.45, 2.75) is 18.4 Å². The highest BCUT2D eigenvalue weighted by Crippen LogP contribution is 2.43. The van der Waals surface area contributed by atoms with E-state index in [0.717, 1.165) is 32.5 Å². The molecular formula is C13H16N2O3. The Balaban J connectivity index is 1.64. The molecule has 4 saturated heterocycles. The molecule has 0 radical (unpaired) electrons. The SMILES string of the molecule is O=C1O[C@]2(CN3CCC2CC3)CN1c1ccco1. The molecule has 4 fully saturated rings. The van der Waals surface area contributed by atoms with Gasteiger partial charge in [0.15, 0.2) is 0 Å². The summed E-state index contributed by atoms with van der Waals surface area (Å²) in [6.07, 6.45) is 3.60. The van der Waals surface area contributed by atoms with E-state index in [1.54, 1.807) is 17.2 Å². The maximum atomic E-state index is 12.0. The summed E-state index contributed by atoms with van der Waals surface area (Å²) in [5.74, 6) is 1.10. The monoisotopic (exact) mass is 248 g/mol. The molecule has 1 amide bonds. The Hall–Kier alpha value is -1.49. The number of nitrogens with zero attached hydrogens (tertiary/aromatic N) is 2. The number of carbonyl (C=O) groups excluding carboxylic acids is 1. The number of hydrogen-bond acceptors (Lipinski definition) is 4. The van der Waals surface area contributed by atoms with Crippen LogP contribution in [0.5, 0.6) is 0 Å². The van der Waals surface area contributed by atoms with Gasteiger partial charge in [0.1, 0.15) is 5.60 Å². The summed E-state index contributed by atoms with van der Waals surface area (Å²) in [4.78, 5) is 16.1. The van der Waals surface area contributed by atoms with Crippen molar-refractivity contribution in [2.75, 3.05) is 31.1 Å². The standard InChI is InChI=1S/C13H16N2O3/c16-12-15(11-2-1-7-17-11)9-13(18-12)8-14-5-3-10(13)4-6-14/h1-2,7,10H,3-6,8-9H2/t13-/m1/s1. The average molecular weight is 248 g/mol. The Bertz CT molecular complexity index is 465. The van der Waals surface area contributed by atoms with Crippen LogP contribution in [-0.4, -0.2) is 42.8 Å². The third kappa shape index (κ3) is 1.34. The predicted molar refractivity (Wildman–Crippen MR) is 64.4 cm³/mol. The minimum absolute atomic E-state index is 0.265. The fourth-order valence-electron chi connectivity index (χ4n) is 3.60. The van der Waals surface area contributed by atoms with E-state index in [-0.39, 0.29) is 11.7 Å². The summed E-state index contributed by atoms with van der Waals surface area (Å²) >= 11 is 0. The van der Waals surface area contributed by atoms with Gasteiger partial charge >= 0.3 is 6.09 Å². The molecule has 0 saturated carbocycles. The molecule has 1 spiro atoms. The molecule has 1 atom stereocenters. The fourth-order valence-corrected chi connectivity index (χ4v) is 3.60. The maximum absolute atomic E-state index is 12.0. The van der Waals surface area contributed by atoms with Crippen LogP contribution in [0.4, 0.5) is 10.7 Å². The molecule has 5 heteroatoms. The van der Waals surface area contributed by atoms with Crippen LogP contribution in [0.25, 0.3) is 0 Å². The summed E-state index contributed by atoms with van der Waals surface area (Å²) in [7, 11) is 0. The Morgan fingerprint density at radius 2 is 2.11 bits per heavy atom. The molecule has 1 aromatic heterocycles. The molecule has 2 bridgehead atoms. The number of hydrogen-bond donors (Lipinski definition) is 0. The van der Waals surface area contributed by atoms with Gasteiger partial charge in [-0.05, 0) is 32.0 Å². The first-order valence-corrected chi connectivity index (χ1v) is 6.53. The Labute approximate surface area is 105 Å². The summed E-state index contributed by atoms with van der Waals surface area (Å²) < 4.78 is 11.1. The van der Waals surface area contributed by atoms with E-state index in [2.05, 4.69) is 4.90 Å². The summed E-state index contributed by atoms with van der Waals surface area (Å²) in [6.45, 7) is 3.79. The largest absolute Gasteiger partial charge is 0.448 e. The summed E-state index contributed by atoms with van der Waals surface area (Å²) in [5, 5.41) is 0. The number of anilines is 1. The normalized spacial score (nSPS) is 38.4. The minimum Gasteiger partial charge on any atom is -0.448 e. The van der Waals surface area contributed by atoms with Crippen molar-refractivity contribution in [3.63, 3.8) is 0 Å². The zero-order valence-corrected chi connectivity index (χ0v) is 10.2. The van der Waals surface area contributed by atoms with Crippen molar-refractivity contribution in [3.05, 3.63) is 18.4 Å². The molecule has 4 aliphatic rings. The molecule has 4 aliphatic heterocycles. The molecule has 96 valence electrons. The first kappa shape index (κ1) is 10.4. The molecule has 5 nitrogen and oxygen atoms in total. The van der Waals surface area contributed by atoms with Crippen LogP contribution in [0.15, 0.2) is 22.8 Å². The highest BCUT2D eigenvalue weighted by Gasteiger charge is 2.56. The zero-order chi connectivity index (χ0) is 12.2. The molecular weight excluding hydrogens is 232 g/mol. The lowest BCUT2D eigenvalue weighted by molar-refractivity contribution is -0.0881. The van der Waals surface area contributed by atoms with Crippen molar-refractivity contribution >= 4 is 12.0 Å². The van der Waals surface area contributed by atoms with Crippen LogP contribution >= 0.6 is 0 Å². The second-order valence-electron chi connectivity index (χ2n) is 5.52. The Kier molecular flexibility index (Phi) is 2.03. The first-order valence-electron chi connectivity index (χ1n) is 6.53. The van der Waals surface area contributed by atoms with Gasteiger partial charge in [0, 0.05) is 18.5 Å². The van der Waals surface area contributed by atoms with Gasteiger partial charge in [-0.2, -0.15) is 0 Å². The number of amides is 1. The zero-order valence-electron chi connectivity index (χ0n) is 10.2. The van der Waals surface area contributed by atoms with Crippen molar-refractivity contribution < 1.29 is 13.9 Å². The number of fused-ring (bicyclic) bond motifs is 2. The minimum atomic E-state index is -0.305. The summed E-state index contributed by atoms with van der Waals surface area (Å²) in [6, 6.07) is 3.60. The van der Waals surface area contributed by atoms with E-state index in [9.17, 15) is 4.79 Å². The van der Waals surface area contributed by atoms with Gasteiger partial charge in [-0.1, -0.05) is 0 Å². The second-order valence-corrected chi connectivity index (χ2v) is 5.52. The van der Waals surface area contributed by atoms with E-state index in [0.29, 0.717) is 18.3 Å². The topological polar surface area (TPSA) is 45.9 Å². The highest BCUT2D eigenvalue weighted by atomic mass is 16.6. The third-order valence-electron chi connectivity index (χ3n) is 4.53. The van der Waals surface area contributed by atoms with Crippen LogP contribution in [0, 0.1) is 5.92 Å². The van der Waals surface area contributed by atoms with Crippen LogP contribution in [-0.2, 0) is 4.74 Å². The predicted octanol–water partition coefficient (Wildman–Crippen LogP) is 1.70. The number of piperidine rings is 3. The number of furan rings is 1. The smallest absolute Gasteiger partial charge is 0.417 e. The fraction of sp³-hybridized carbons (Fsp3) is 0.615. The average Bonchev–Trinajstić information content (AvgIpc) is 2.99. The molecule has 0 aliphatic carbocycles. The lowest BCUT2D eigenvalue weighted by Crippen LogP contribution is -2.61. The third-order valence-corrected chi connectivity index (χ3v) is 4.53. The maximum Gasteiger partial charge on any atom is 0.417 e. The Morgan fingerprint density at radius 3 is 2.72 bits per heavy atom. The van der Waals surface area contributed by atoms with Crippen molar-refractivity contribution in [3.8, 4) is 0 Å². The van der Waals surface area contributed by atoms with Crippen molar-refractivity contribution in [2.24, 2.45) is 5.92 Å². The van der Waals surface area contributed by atoms with Gasteiger partial charge in [0.25, 0.3) is 0 Å². The van der Waals surface area contributed by atoms with Crippen LogP contribution in [0.1, 0.15) is 12.8 Å². The second kappa shape index (κ2) is 3.51. The van der Waals surface area contributed by atoms with Gasteiger partial charge in [-0.15, -0.1) is 0 Å². The Morgan fingerprint density at radius 1 is 1.28 bits per heavy atom. The van der Waals surface area contributed by atoms with Gasteiger partial charge in [-0.3, -0.25) is 4.90 Å². The summed E-state index contributed by atoms with van der Waals surface area (Å²) in [5.41, 5.74) is -0.305. The van der Waals surface area contributed by atoms with Gasteiger partial charge in [0.2, 0.25) is 5.88 Å². The van der Waals surface area contributed by atoms with E-state index < -0.39 is 0 Å². The molecule has 0 aromatic carbocycles. The molecule has 0 unspecified atom stereocenters. The van der Waals surface area contributed by atoms with Crippen LogP contribution < -0.4 is 4.90 Å².